The first-order chi connectivity index (χ1) is 11.6. The van der Waals surface area contributed by atoms with E-state index >= 15 is 0 Å². The number of piperidine rings is 1. The molecule has 0 spiro atoms. The zero-order valence-corrected chi connectivity index (χ0v) is 14.6. The summed E-state index contributed by atoms with van der Waals surface area (Å²) >= 11 is 0. The van der Waals surface area contributed by atoms with Crippen molar-refractivity contribution in [1.82, 2.24) is 4.98 Å². The van der Waals surface area contributed by atoms with Gasteiger partial charge in [-0.25, -0.2) is 0 Å². The predicted molar refractivity (Wildman–Crippen MR) is 91.7 cm³/mol. The minimum Gasteiger partial charge on any atom is -0.423 e. The summed E-state index contributed by atoms with van der Waals surface area (Å²) in [5.41, 5.74) is 0.662. The third kappa shape index (κ3) is 2.20. The Hall–Kier alpha value is -1.50. The monoisotopic (exact) mass is 325 g/mol. The van der Waals surface area contributed by atoms with Gasteiger partial charge in [-0.3, -0.25) is 0 Å². The maximum Gasteiger partial charge on any atom is 0.234 e. The lowest BCUT2D eigenvalue weighted by Gasteiger charge is -2.55. The van der Waals surface area contributed by atoms with Crippen LogP contribution in [0.4, 0.5) is 5.88 Å². The van der Waals surface area contributed by atoms with Crippen molar-refractivity contribution in [2.45, 2.75) is 63.7 Å². The van der Waals surface area contributed by atoms with E-state index < -0.39 is 0 Å². The Kier molecular flexibility index (Phi) is 3.24. The van der Waals surface area contributed by atoms with Gasteiger partial charge in [-0.15, -0.1) is 0 Å². The van der Waals surface area contributed by atoms with Crippen molar-refractivity contribution in [3.63, 3.8) is 0 Å². The van der Waals surface area contributed by atoms with Crippen molar-refractivity contribution in [1.29, 1.82) is 5.26 Å². The fraction of sp³-hybridized carbons (Fsp3) is 0.800. The minimum absolute atomic E-state index is 0.139. The second-order valence-corrected chi connectivity index (χ2v) is 9.18. The molecule has 1 aliphatic heterocycles. The van der Waals surface area contributed by atoms with Crippen molar-refractivity contribution in [3.8, 4) is 6.07 Å². The lowest BCUT2D eigenvalue weighted by atomic mass is 9.49. The topological polar surface area (TPSA) is 53.1 Å². The van der Waals surface area contributed by atoms with Gasteiger partial charge in [0.1, 0.15) is 6.07 Å². The summed E-state index contributed by atoms with van der Waals surface area (Å²) < 4.78 is 6.37. The average Bonchev–Trinajstić information content (AvgIpc) is 2.99. The lowest BCUT2D eigenvalue weighted by molar-refractivity contribution is -0.0175. The minimum atomic E-state index is 0.139. The van der Waals surface area contributed by atoms with Crippen LogP contribution in [0.25, 0.3) is 0 Å². The highest BCUT2D eigenvalue weighted by molar-refractivity contribution is 5.49. The van der Waals surface area contributed by atoms with Crippen LogP contribution in [-0.2, 0) is 5.41 Å². The number of rotatable bonds is 2. The highest BCUT2D eigenvalue weighted by Gasteiger charge is 2.54. The van der Waals surface area contributed by atoms with Crippen LogP contribution in [-0.4, -0.2) is 18.1 Å². The smallest absolute Gasteiger partial charge is 0.234 e. The molecule has 4 heteroatoms. The molecular formula is C20H27N3O. The molecule has 4 saturated carbocycles. The van der Waals surface area contributed by atoms with Crippen LogP contribution >= 0.6 is 0 Å². The SMILES string of the molecule is C[C@H]1CCCN(c2oc(C34CC5CC(CC(C5)C3)C4)nc2C#N)C1. The standard InChI is InChI=1S/C20H27N3O/c1-13-3-2-4-23(12-13)18-17(11-21)22-19(24-18)20-8-14-5-15(9-20)7-16(6-14)10-20/h13-16H,2-10,12H2,1H3/t13-,14?,15?,16?,20?/m0/s1. The van der Waals surface area contributed by atoms with Crippen molar-refractivity contribution >= 4 is 5.88 Å². The highest BCUT2D eigenvalue weighted by atomic mass is 16.4. The summed E-state index contributed by atoms with van der Waals surface area (Å²) in [7, 11) is 0. The Morgan fingerprint density at radius 1 is 1.17 bits per heavy atom. The molecule has 0 amide bonds. The molecule has 0 unspecified atom stereocenters. The Labute approximate surface area is 144 Å². The molecule has 2 heterocycles. The van der Waals surface area contributed by atoms with E-state index in [2.05, 4.69) is 17.9 Å². The number of nitriles is 1. The molecule has 24 heavy (non-hydrogen) atoms. The Morgan fingerprint density at radius 3 is 2.42 bits per heavy atom. The summed E-state index contributed by atoms with van der Waals surface area (Å²) in [4.78, 5) is 7.02. The van der Waals surface area contributed by atoms with Crippen molar-refractivity contribution in [2.75, 3.05) is 18.0 Å². The van der Waals surface area contributed by atoms with Gasteiger partial charge >= 0.3 is 0 Å². The fourth-order valence-corrected chi connectivity index (χ4v) is 6.57. The van der Waals surface area contributed by atoms with Gasteiger partial charge in [-0.05, 0) is 75.0 Å². The van der Waals surface area contributed by atoms with Crippen molar-refractivity contribution < 1.29 is 4.42 Å². The van der Waals surface area contributed by atoms with E-state index in [9.17, 15) is 5.26 Å². The van der Waals surface area contributed by atoms with Crippen LogP contribution < -0.4 is 4.90 Å². The van der Waals surface area contributed by atoms with Crippen LogP contribution in [0.3, 0.4) is 0 Å². The van der Waals surface area contributed by atoms with Gasteiger partial charge in [0.15, 0.2) is 0 Å². The second-order valence-electron chi connectivity index (χ2n) is 9.18. The van der Waals surface area contributed by atoms with Gasteiger partial charge in [0, 0.05) is 18.5 Å². The normalized spacial score (nSPS) is 40.8. The zero-order chi connectivity index (χ0) is 16.3. The summed E-state index contributed by atoms with van der Waals surface area (Å²) in [6.07, 6.45) is 10.4. The Balaban J connectivity index is 1.50. The molecule has 5 aliphatic rings. The number of anilines is 1. The van der Waals surface area contributed by atoms with E-state index in [1.54, 1.807) is 0 Å². The summed E-state index contributed by atoms with van der Waals surface area (Å²) in [6, 6.07) is 2.31. The quantitative estimate of drug-likeness (QED) is 0.815. The number of hydrogen-bond donors (Lipinski definition) is 0. The lowest BCUT2D eigenvalue weighted by Crippen LogP contribution is -2.48. The van der Waals surface area contributed by atoms with Gasteiger partial charge in [0.25, 0.3) is 0 Å². The molecule has 1 atom stereocenters. The highest BCUT2D eigenvalue weighted by Crippen LogP contribution is 2.60. The molecular weight excluding hydrogens is 298 g/mol. The molecule has 4 bridgehead atoms. The van der Waals surface area contributed by atoms with Crippen molar-refractivity contribution in [3.05, 3.63) is 11.6 Å². The van der Waals surface area contributed by atoms with Crippen LogP contribution in [0.15, 0.2) is 4.42 Å². The first-order valence-electron chi connectivity index (χ1n) is 9.81. The number of nitrogens with zero attached hydrogens (tertiary/aromatic N) is 3. The maximum atomic E-state index is 9.61. The summed E-state index contributed by atoms with van der Waals surface area (Å²) in [5, 5.41) is 9.61. The first kappa shape index (κ1) is 14.8. The van der Waals surface area contributed by atoms with E-state index in [1.165, 1.54) is 51.4 Å². The zero-order valence-electron chi connectivity index (χ0n) is 14.6. The maximum absolute atomic E-state index is 9.61. The molecule has 1 aromatic rings. The predicted octanol–water partition coefficient (Wildman–Crippen LogP) is 4.25. The number of aromatic nitrogens is 1. The van der Waals surface area contributed by atoms with E-state index in [0.29, 0.717) is 11.6 Å². The molecule has 5 fully saturated rings. The molecule has 1 saturated heterocycles. The van der Waals surface area contributed by atoms with Crippen LogP contribution in [0, 0.1) is 35.0 Å². The molecule has 0 radical (unpaired) electrons. The van der Waals surface area contributed by atoms with Gasteiger partial charge in [-0.2, -0.15) is 10.2 Å². The molecule has 4 aliphatic carbocycles. The van der Waals surface area contributed by atoms with E-state index in [1.807, 2.05) is 0 Å². The fourth-order valence-electron chi connectivity index (χ4n) is 6.57. The van der Waals surface area contributed by atoms with Gasteiger partial charge in [-0.1, -0.05) is 6.92 Å². The largest absolute Gasteiger partial charge is 0.423 e. The molecule has 1 aromatic heterocycles. The van der Waals surface area contributed by atoms with E-state index in [-0.39, 0.29) is 5.41 Å². The molecule has 128 valence electrons. The van der Waals surface area contributed by atoms with Crippen molar-refractivity contribution in [2.24, 2.45) is 23.7 Å². The second kappa shape index (κ2) is 5.25. The van der Waals surface area contributed by atoms with Crippen LogP contribution in [0.2, 0.25) is 0 Å². The average molecular weight is 325 g/mol. The van der Waals surface area contributed by atoms with Crippen LogP contribution in [0.1, 0.15) is 69.9 Å². The molecule has 4 nitrogen and oxygen atoms in total. The van der Waals surface area contributed by atoms with Gasteiger partial charge in [0.05, 0.1) is 0 Å². The molecule has 0 aromatic carbocycles. The first-order valence-corrected chi connectivity index (χ1v) is 9.81. The number of oxazole rings is 1. The van der Waals surface area contributed by atoms with Crippen LogP contribution in [0.5, 0.6) is 0 Å². The third-order valence-corrected chi connectivity index (χ3v) is 7.15. The van der Waals surface area contributed by atoms with Gasteiger partial charge in [0.2, 0.25) is 17.5 Å². The molecule has 0 N–H and O–H groups in total. The Morgan fingerprint density at radius 2 is 1.83 bits per heavy atom. The molecule has 6 rings (SSSR count). The van der Waals surface area contributed by atoms with Gasteiger partial charge < -0.3 is 9.32 Å². The summed E-state index contributed by atoms with van der Waals surface area (Å²) in [5.74, 6) is 4.92. The number of hydrogen-bond acceptors (Lipinski definition) is 4. The summed E-state index contributed by atoms with van der Waals surface area (Å²) in [6.45, 7) is 4.27. The third-order valence-electron chi connectivity index (χ3n) is 7.15. The Bertz CT molecular complexity index is 650. The van der Waals surface area contributed by atoms with E-state index in [4.69, 9.17) is 9.40 Å². The van der Waals surface area contributed by atoms with E-state index in [0.717, 1.165) is 42.6 Å².